The number of rotatable bonds is 7. The molecule has 3 rings (SSSR count). The minimum atomic E-state index is 0.181. The summed E-state index contributed by atoms with van der Waals surface area (Å²) in [5, 5.41) is 3.20. The number of nitrogens with one attached hydrogen (secondary N) is 1. The highest BCUT2D eigenvalue weighted by atomic mass is 16.5. The van der Waals surface area contributed by atoms with Crippen molar-refractivity contribution in [1.29, 1.82) is 0 Å². The number of benzene rings is 1. The van der Waals surface area contributed by atoms with Crippen LogP contribution in [0.4, 0.5) is 0 Å². The maximum absolute atomic E-state index is 12.3. The Bertz CT molecular complexity index is 568. The van der Waals surface area contributed by atoms with Crippen LogP contribution in [0, 0.1) is 5.92 Å². The van der Waals surface area contributed by atoms with Crippen LogP contribution in [0.15, 0.2) is 24.3 Å². The fourth-order valence-electron chi connectivity index (χ4n) is 4.41. The number of aryl methyl sites for hydroxylation is 1. The average molecular weight is 359 g/mol. The molecule has 4 heteroatoms. The highest BCUT2D eigenvalue weighted by molar-refractivity contribution is 5.76. The van der Waals surface area contributed by atoms with Gasteiger partial charge in [-0.25, -0.2) is 0 Å². The summed E-state index contributed by atoms with van der Waals surface area (Å²) in [7, 11) is 0. The molecule has 2 aliphatic rings. The Kier molecular flexibility index (Phi) is 6.95. The summed E-state index contributed by atoms with van der Waals surface area (Å²) in [5.41, 5.74) is 1.19. The van der Waals surface area contributed by atoms with Crippen LogP contribution in [0.1, 0.15) is 57.9 Å². The fourth-order valence-corrected chi connectivity index (χ4v) is 4.41. The molecule has 0 aromatic heterocycles. The van der Waals surface area contributed by atoms with Crippen LogP contribution in [0.5, 0.6) is 5.75 Å². The van der Waals surface area contributed by atoms with Crippen molar-refractivity contribution in [3.63, 3.8) is 0 Å². The zero-order valence-electron chi connectivity index (χ0n) is 16.4. The molecule has 2 heterocycles. The van der Waals surface area contributed by atoms with Gasteiger partial charge in [0.25, 0.3) is 0 Å². The number of carbonyl (C=O) groups excluding carboxylic acids is 1. The molecule has 2 atom stereocenters. The van der Waals surface area contributed by atoms with E-state index in [0.717, 1.165) is 18.7 Å². The van der Waals surface area contributed by atoms with E-state index in [0.29, 0.717) is 18.4 Å². The van der Waals surface area contributed by atoms with Crippen LogP contribution in [0.2, 0.25) is 0 Å². The van der Waals surface area contributed by atoms with Gasteiger partial charge in [0, 0.05) is 19.0 Å². The van der Waals surface area contributed by atoms with Crippen LogP contribution in [0.3, 0.4) is 0 Å². The number of amides is 1. The van der Waals surface area contributed by atoms with Gasteiger partial charge in [-0.3, -0.25) is 4.79 Å². The van der Waals surface area contributed by atoms with E-state index in [1.165, 1.54) is 50.8 Å². The first-order chi connectivity index (χ1) is 12.6. The molecule has 0 saturated carbocycles. The Morgan fingerprint density at radius 3 is 2.69 bits per heavy atom. The first-order valence-corrected chi connectivity index (χ1v) is 10.4. The van der Waals surface area contributed by atoms with Crippen LogP contribution in [0.25, 0.3) is 0 Å². The maximum atomic E-state index is 12.3. The van der Waals surface area contributed by atoms with Gasteiger partial charge in [-0.1, -0.05) is 18.6 Å². The first kappa shape index (κ1) is 19.2. The molecule has 1 aromatic carbocycles. The lowest BCUT2D eigenvalue weighted by atomic mass is 9.83. The molecule has 2 saturated heterocycles. The Hall–Kier alpha value is -1.55. The van der Waals surface area contributed by atoms with E-state index in [2.05, 4.69) is 22.3 Å². The number of nitrogens with zero attached hydrogens (tertiary/aromatic N) is 1. The zero-order valence-corrected chi connectivity index (χ0v) is 16.4. The molecule has 4 nitrogen and oxygen atoms in total. The Morgan fingerprint density at radius 2 is 1.92 bits per heavy atom. The predicted molar refractivity (Wildman–Crippen MR) is 105 cm³/mol. The third-order valence-electron chi connectivity index (χ3n) is 5.73. The van der Waals surface area contributed by atoms with Crippen molar-refractivity contribution >= 4 is 5.91 Å². The Morgan fingerprint density at radius 1 is 1.15 bits per heavy atom. The monoisotopic (exact) mass is 358 g/mol. The molecule has 0 spiro atoms. The number of fused-ring (bicyclic) bond motifs is 1. The van der Waals surface area contributed by atoms with Crippen molar-refractivity contribution in [2.75, 3.05) is 19.6 Å². The van der Waals surface area contributed by atoms with Gasteiger partial charge in [0.15, 0.2) is 0 Å². The molecule has 1 amide bonds. The van der Waals surface area contributed by atoms with E-state index in [9.17, 15) is 4.79 Å². The second kappa shape index (κ2) is 9.40. The van der Waals surface area contributed by atoms with Gasteiger partial charge in [0.2, 0.25) is 5.91 Å². The van der Waals surface area contributed by atoms with Gasteiger partial charge in [-0.15, -0.1) is 0 Å². The molecular formula is C22H34N2O2. The van der Waals surface area contributed by atoms with Crippen LogP contribution < -0.4 is 10.1 Å². The predicted octanol–water partition coefficient (Wildman–Crippen LogP) is 3.79. The molecule has 0 radical (unpaired) electrons. The molecule has 1 N–H and O–H groups in total. The Labute approximate surface area is 158 Å². The van der Waals surface area contributed by atoms with Crippen molar-refractivity contribution < 1.29 is 9.53 Å². The number of carbonyl (C=O) groups is 1. The molecule has 2 aliphatic heterocycles. The lowest BCUT2D eigenvalue weighted by molar-refractivity contribution is -0.121. The summed E-state index contributed by atoms with van der Waals surface area (Å²) in [6.45, 7) is 7.41. The molecule has 1 aromatic rings. The van der Waals surface area contributed by atoms with Gasteiger partial charge in [-0.2, -0.15) is 0 Å². The van der Waals surface area contributed by atoms with Crippen LogP contribution >= 0.6 is 0 Å². The number of hydrogen-bond donors (Lipinski definition) is 1. The minimum absolute atomic E-state index is 0.181. The second-order valence-corrected chi connectivity index (χ2v) is 8.12. The van der Waals surface area contributed by atoms with Gasteiger partial charge >= 0.3 is 0 Å². The highest BCUT2D eigenvalue weighted by Gasteiger charge is 2.32. The topological polar surface area (TPSA) is 41.6 Å². The Balaban J connectivity index is 1.40. The van der Waals surface area contributed by atoms with E-state index in [4.69, 9.17) is 4.74 Å². The molecular weight excluding hydrogens is 324 g/mol. The SMILES string of the molecule is CC(C)Oc1ccc(CCC(=O)NC[C@H]2CCCN3CCCC[C@H]23)cc1. The van der Waals surface area contributed by atoms with E-state index < -0.39 is 0 Å². The summed E-state index contributed by atoms with van der Waals surface area (Å²) in [4.78, 5) is 14.9. The zero-order chi connectivity index (χ0) is 18.4. The van der Waals surface area contributed by atoms with Crippen LogP contribution in [-0.2, 0) is 11.2 Å². The molecule has 26 heavy (non-hydrogen) atoms. The van der Waals surface area contributed by atoms with E-state index in [1.54, 1.807) is 0 Å². The normalized spacial score (nSPS) is 23.5. The standard InChI is InChI=1S/C22H34N2O2/c1-17(2)26-20-11-8-18(9-12-20)10-13-22(25)23-16-19-6-5-15-24-14-4-3-7-21(19)24/h8-9,11-12,17,19,21H,3-7,10,13-16H2,1-2H3,(H,23,25)/t19-,21-/m1/s1. The molecule has 144 valence electrons. The number of ether oxygens (including phenoxy) is 1. The van der Waals surface area contributed by atoms with E-state index >= 15 is 0 Å². The quantitative estimate of drug-likeness (QED) is 0.806. The largest absolute Gasteiger partial charge is 0.491 e. The molecule has 0 bridgehead atoms. The smallest absolute Gasteiger partial charge is 0.220 e. The van der Waals surface area contributed by atoms with Gasteiger partial charge in [-0.05, 0) is 82.7 Å². The van der Waals surface area contributed by atoms with Crippen LogP contribution in [-0.4, -0.2) is 42.6 Å². The fraction of sp³-hybridized carbons (Fsp3) is 0.682. The van der Waals surface area contributed by atoms with E-state index in [-0.39, 0.29) is 12.0 Å². The summed E-state index contributed by atoms with van der Waals surface area (Å²) in [6.07, 6.45) is 8.08. The summed E-state index contributed by atoms with van der Waals surface area (Å²) >= 11 is 0. The minimum Gasteiger partial charge on any atom is -0.491 e. The highest BCUT2D eigenvalue weighted by Crippen LogP contribution is 2.30. The first-order valence-electron chi connectivity index (χ1n) is 10.4. The van der Waals surface area contributed by atoms with Crippen molar-refractivity contribution in [2.45, 2.75) is 70.9 Å². The van der Waals surface area contributed by atoms with Gasteiger partial charge < -0.3 is 15.0 Å². The number of hydrogen-bond acceptors (Lipinski definition) is 3. The van der Waals surface area contributed by atoms with Crippen molar-refractivity contribution in [3.8, 4) is 5.75 Å². The van der Waals surface area contributed by atoms with Gasteiger partial charge in [0.05, 0.1) is 6.10 Å². The van der Waals surface area contributed by atoms with E-state index in [1.807, 2.05) is 26.0 Å². The third kappa shape index (κ3) is 5.47. The summed E-state index contributed by atoms with van der Waals surface area (Å²) in [6, 6.07) is 8.81. The molecule has 2 fully saturated rings. The maximum Gasteiger partial charge on any atom is 0.220 e. The number of piperidine rings is 2. The lowest BCUT2D eigenvalue weighted by Crippen LogP contribution is -2.51. The average Bonchev–Trinajstić information content (AvgIpc) is 2.65. The molecule has 0 aliphatic carbocycles. The third-order valence-corrected chi connectivity index (χ3v) is 5.73. The van der Waals surface area contributed by atoms with Crippen molar-refractivity contribution in [1.82, 2.24) is 10.2 Å². The summed E-state index contributed by atoms with van der Waals surface area (Å²) < 4.78 is 5.66. The molecule has 0 unspecified atom stereocenters. The van der Waals surface area contributed by atoms with Gasteiger partial charge in [0.1, 0.15) is 5.75 Å². The second-order valence-electron chi connectivity index (χ2n) is 8.12. The van der Waals surface area contributed by atoms with Crippen molar-refractivity contribution in [2.24, 2.45) is 5.92 Å². The lowest BCUT2D eigenvalue weighted by Gasteiger charge is -2.44. The summed E-state index contributed by atoms with van der Waals surface area (Å²) in [5.74, 6) is 1.71. The van der Waals surface area contributed by atoms with Crippen molar-refractivity contribution in [3.05, 3.63) is 29.8 Å².